The van der Waals surface area contributed by atoms with E-state index in [1.807, 2.05) is 0 Å². The average molecular weight is 263 g/mol. The number of benzene rings is 1. The molecule has 7 heteroatoms. The Kier molecular flexibility index (Phi) is 3.81. The van der Waals surface area contributed by atoms with Gasteiger partial charge in [-0.3, -0.25) is 9.59 Å². The Morgan fingerprint density at radius 3 is 2.56 bits per heavy atom. The molecule has 1 rings (SSSR count). The number of hydrogen-bond donors (Lipinski definition) is 1. The Morgan fingerprint density at radius 2 is 2.00 bits per heavy atom. The molecule has 1 N–H and O–H groups in total. The van der Waals surface area contributed by atoms with Crippen molar-refractivity contribution in [2.75, 3.05) is 7.09 Å². The van der Waals surface area contributed by atoms with E-state index in [1.165, 1.54) is 0 Å². The predicted molar refractivity (Wildman–Crippen MR) is 53.8 cm³/mol. The number of Topliss-reactive ketones (excluding diaryl/α,β-unsaturated/α-hetero) is 1. The van der Waals surface area contributed by atoms with Crippen LogP contribution in [0.5, 0.6) is 5.75 Å². The lowest BCUT2D eigenvalue weighted by Gasteiger charge is -2.08. The van der Waals surface area contributed by atoms with E-state index in [9.17, 15) is 22.8 Å². The van der Waals surface area contributed by atoms with Gasteiger partial charge in [0.2, 0.25) is 5.82 Å². The predicted octanol–water partition coefficient (Wildman–Crippen LogP) is 1.70. The van der Waals surface area contributed by atoms with Crippen LogP contribution in [0.15, 0.2) is 6.07 Å². The Labute approximate surface area is 101 Å². The second kappa shape index (κ2) is 5.52. The van der Waals surface area contributed by atoms with Crippen LogP contribution in [-0.4, -0.2) is 23.9 Å². The van der Waals surface area contributed by atoms with Gasteiger partial charge in [0.15, 0.2) is 17.4 Å². The molecule has 4 nitrogen and oxygen atoms in total. The van der Waals surface area contributed by atoms with E-state index in [1.54, 1.807) is 0 Å². The highest BCUT2D eigenvalue weighted by atomic mass is 19.2. The van der Waals surface area contributed by atoms with Crippen molar-refractivity contribution >= 4 is 11.8 Å². The molecule has 0 heterocycles. The number of hydrogen-bond acceptors (Lipinski definition) is 3. The van der Waals surface area contributed by atoms with Crippen LogP contribution in [0.3, 0.4) is 0 Å². The SMILES string of the molecule is [2H]COc1cc(CC(=O)CC(=O)O)c(F)c(F)c1F. The summed E-state index contributed by atoms with van der Waals surface area (Å²) >= 11 is 0. The van der Waals surface area contributed by atoms with E-state index in [0.717, 1.165) is 6.07 Å². The fraction of sp³-hybridized carbons (Fsp3) is 0.273. The van der Waals surface area contributed by atoms with Gasteiger partial charge in [0.1, 0.15) is 12.2 Å². The number of ether oxygens (including phenoxy) is 1. The molecule has 1 aromatic carbocycles. The second-order valence-electron chi connectivity index (χ2n) is 3.41. The molecule has 0 unspecified atom stereocenters. The number of rotatable bonds is 5. The zero-order chi connectivity index (χ0) is 14.6. The van der Waals surface area contributed by atoms with E-state index in [2.05, 4.69) is 4.74 Å². The van der Waals surface area contributed by atoms with Gasteiger partial charge in [-0.25, -0.2) is 8.78 Å². The number of ketones is 1. The maximum Gasteiger partial charge on any atom is 0.310 e. The van der Waals surface area contributed by atoms with E-state index < -0.39 is 60.4 Å². The third-order valence-corrected chi connectivity index (χ3v) is 2.08. The molecule has 0 aliphatic heterocycles. The van der Waals surface area contributed by atoms with Gasteiger partial charge in [-0.15, -0.1) is 0 Å². The van der Waals surface area contributed by atoms with Gasteiger partial charge in [-0.2, -0.15) is 4.39 Å². The summed E-state index contributed by atoms with van der Waals surface area (Å²) < 4.78 is 50.9. The minimum Gasteiger partial charge on any atom is -0.494 e. The van der Waals surface area contributed by atoms with Crippen molar-refractivity contribution in [3.8, 4) is 5.75 Å². The quantitative estimate of drug-likeness (QED) is 0.648. The van der Waals surface area contributed by atoms with Crippen molar-refractivity contribution in [1.82, 2.24) is 0 Å². The first-order chi connectivity index (χ1) is 8.86. The van der Waals surface area contributed by atoms with Crippen molar-refractivity contribution in [3.63, 3.8) is 0 Å². The highest BCUT2D eigenvalue weighted by molar-refractivity contribution is 5.95. The van der Waals surface area contributed by atoms with Gasteiger partial charge in [-0.1, -0.05) is 0 Å². The number of aliphatic carboxylic acids is 1. The molecule has 1 aromatic rings. The van der Waals surface area contributed by atoms with Gasteiger partial charge in [-0.05, 0) is 6.07 Å². The molecule has 0 saturated heterocycles. The minimum atomic E-state index is -1.83. The summed E-state index contributed by atoms with van der Waals surface area (Å²) in [6, 6.07) is 0.738. The molecular weight excluding hydrogens is 253 g/mol. The molecule has 0 fully saturated rings. The van der Waals surface area contributed by atoms with E-state index >= 15 is 0 Å². The monoisotopic (exact) mass is 263 g/mol. The molecule has 18 heavy (non-hydrogen) atoms. The van der Waals surface area contributed by atoms with Crippen molar-refractivity contribution in [3.05, 3.63) is 29.1 Å². The lowest BCUT2D eigenvalue weighted by Crippen LogP contribution is -2.11. The van der Waals surface area contributed by atoms with Crippen LogP contribution in [0.25, 0.3) is 0 Å². The number of carboxylic acid groups (broad SMARTS) is 1. The minimum absolute atomic E-state index is 0.520. The Hall–Kier alpha value is -2.05. The summed E-state index contributed by atoms with van der Waals surface area (Å²) in [7, 11) is -0.718. The summed E-state index contributed by atoms with van der Waals surface area (Å²) in [5.41, 5.74) is -0.520. The van der Waals surface area contributed by atoms with Crippen molar-refractivity contribution < 1.29 is 34.0 Å². The van der Waals surface area contributed by atoms with Crippen molar-refractivity contribution in [2.45, 2.75) is 12.8 Å². The van der Waals surface area contributed by atoms with Crippen LogP contribution in [0, 0.1) is 17.5 Å². The van der Waals surface area contributed by atoms with E-state index in [0.29, 0.717) is 0 Å². The smallest absolute Gasteiger partial charge is 0.310 e. The zero-order valence-corrected chi connectivity index (χ0v) is 9.00. The van der Waals surface area contributed by atoms with Gasteiger partial charge in [0.25, 0.3) is 0 Å². The molecule has 0 aliphatic carbocycles. The summed E-state index contributed by atoms with van der Waals surface area (Å²) in [6.45, 7) is 0. The fourth-order valence-corrected chi connectivity index (χ4v) is 1.31. The van der Waals surface area contributed by atoms with Gasteiger partial charge in [0, 0.05) is 12.0 Å². The highest BCUT2D eigenvalue weighted by Gasteiger charge is 2.21. The lowest BCUT2D eigenvalue weighted by molar-refractivity contribution is -0.140. The molecule has 0 atom stereocenters. The first-order valence-corrected chi connectivity index (χ1v) is 4.68. The molecule has 98 valence electrons. The number of carbonyl (C=O) groups is 2. The molecule has 0 saturated carbocycles. The zero-order valence-electron chi connectivity index (χ0n) is 10.0. The van der Waals surface area contributed by atoms with Gasteiger partial charge >= 0.3 is 5.97 Å². The standard InChI is InChI=1S/C11H9F3O4/c1-18-7-3-5(2-6(15)4-8(16)17)9(12)11(14)10(7)13/h3H,2,4H2,1H3,(H,16,17)/i1D. The molecule has 0 spiro atoms. The molecule has 0 radical (unpaired) electrons. The van der Waals surface area contributed by atoms with Crippen LogP contribution >= 0.6 is 0 Å². The molecular formula is C11H9F3O4. The summed E-state index contributed by atoms with van der Waals surface area (Å²) in [6.07, 6.45) is -1.56. The highest BCUT2D eigenvalue weighted by Crippen LogP contribution is 2.25. The van der Waals surface area contributed by atoms with Crippen molar-refractivity contribution in [2.24, 2.45) is 0 Å². The topological polar surface area (TPSA) is 63.6 Å². The number of carbonyl (C=O) groups excluding carboxylic acids is 1. The summed E-state index contributed by atoms with van der Waals surface area (Å²) in [4.78, 5) is 21.5. The fourth-order valence-electron chi connectivity index (χ4n) is 1.31. The summed E-state index contributed by atoms with van der Waals surface area (Å²) in [5.74, 6) is -7.98. The lowest BCUT2D eigenvalue weighted by atomic mass is 10.1. The van der Waals surface area contributed by atoms with E-state index in [4.69, 9.17) is 6.48 Å². The van der Waals surface area contributed by atoms with Gasteiger partial charge < -0.3 is 9.84 Å². The normalized spacial score (nSPS) is 10.9. The van der Waals surface area contributed by atoms with Crippen LogP contribution in [0.2, 0.25) is 0 Å². The first-order valence-electron chi connectivity index (χ1n) is 5.39. The molecule has 0 aliphatic rings. The number of carboxylic acids is 1. The summed E-state index contributed by atoms with van der Waals surface area (Å²) in [5, 5.41) is 8.37. The Balaban J connectivity index is 3.06. The average Bonchev–Trinajstić information content (AvgIpc) is 2.31. The Morgan fingerprint density at radius 1 is 1.33 bits per heavy atom. The molecule has 0 amide bonds. The largest absolute Gasteiger partial charge is 0.494 e. The Bertz CT molecular complexity index is 519. The second-order valence-corrected chi connectivity index (χ2v) is 3.41. The molecule has 0 bridgehead atoms. The maximum absolute atomic E-state index is 13.4. The van der Waals surface area contributed by atoms with E-state index in [-0.39, 0.29) is 0 Å². The maximum atomic E-state index is 13.4. The van der Waals surface area contributed by atoms with Gasteiger partial charge in [0.05, 0.1) is 8.46 Å². The number of methoxy groups -OCH3 is 1. The van der Waals surface area contributed by atoms with Crippen LogP contribution in [-0.2, 0) is 16.0 Å². The molecule has 0 aromatic heterocycles. The third-order valence-electron chi connectivity index (χ3n) is 2.08. The van der Waals surface area contributed by atoms with Crippen LogP contribution in [0.4, 0.5) is 13.2 Å². The van der Waals surface area contributed by atoms with Crippen molar-refractivity contribution in [1.29, 1.82) is 0 Å². The first kappa shape index (κ1) is 12.4. The van der Waals surface area contributed by atoms with Crippen LogP contribution < -0.4 is 4.74 Å². The third kappa shape index (κ3) is 2.99. The number of halogens is 3. The van der Waals surface area contributed by atoms with Crippen LogP contribution in [0.1, 0.15) is 13.4 Å².